The molecule has 1 unspecified atom stereocenters. The Morgan fingerprint density at radius 2 is 2.00 bits per heavy atom. The number of hydrogen-bond acceptors (Lipinski definition) is 3. The summed E-state index contributed by atoms with van der Waals surface area (Å²) in [6, 6.07) is 0. The maximum atomic E-state index is 11.4. The monoisotopic (exact) mass is 346 g/mol. The van der Waals surface area contributed by atoms with Gasteiger partial charge in [0, 0.05) is 11.8 Å². The minimum Gasteiger partial charge on any atom is -0.393 e. The largest absolute Gasteiger partial charge is 0.393 e. The lowest BCUT2D eigenvalue weighted by Gasteiger charge is -2.59. The SMILES string of the molecule is CC[C@]12CC(O)[C@H]3[C@@H](CCC4=CCCC[C@@H]43)[C@@H]1CCC21OCCCO1. The van der Waals surface area contributed by atoms with Crippen molar-refractivity contribution in [2.75, 3.05) is 13.2 Å². The van der Waals surface area contributed by atoms with Gasteiger partial charge in [-0.05, 0) is 81.5 Å². The van der Waals surface area contributed by atoms with Gasteiger partial charge in [-0.1, -0.05) is 18.6 Å². The van der Waals surface area contributed by atoms with E-state index in [1.54, 1.807) is 5.57 Å². The lowest BCUT2D eigenvalue weighted by Crippen LogP contribution is -2.61. The molecule has 3 saturated carbocycles. The fraction of sp³-hybridized carbons (Fsp3) is 0.909. The Morgan fingerprint density at radius 1 is 1.16 bits per heavy atom. The quantitative estimate of drug-likeness (QED) is 0.713. The van der Waals surface area contributed by atoms with Gasteiger partial charge in [0.05, 0.1) is 19.3 Å². The first-order chi connectivity index (χ1) is 12.2. The molecular formula is C22H34O3. The third kappa shape index (κ3) is 2.21. The summed E-state index contributed by atoms with van der Waals surface area (Å²) in [5.41, 5.74) is 1.71. The minimum absolute atomic E-state index is 0.0316. The average Bonchev–Trinajstić information content (AvgIpc) is 2.96. The number of hydrogen-bond donors (Lipinski definition) is 1. The molecule has 1 N–H and O–H groups in total. The minimum atomic E-state index is -0.403. The highest BCUT2D eigenvalue weighted by Gasteiger charge is 2.68. The summed E-state index contributed by atoms with van der Waals surface area (Å²) >= 11 is 0. The lowest BCUT2D eigenvalue weighted by atomic mass is 9.49. The van der Waals surface area contributed by atoms with Gasteiger partial charge < -0.3 is 14.6 Å². The molecule has 140 valence electrons. The molecule has 1 saturated heterocycles. The van der Waals surface area contributed by atoms with Gasteiger partial charge in [-0.3, -0.25) is 0 Å². The van der Waals surface area contributed by atoms with E-state index < -0.39 is 5.79 Å². The predicted octanol–water partition coefficient (Wildman–Crippen LogP) is 4.44. The summed E-state index contributed by atoms with van der Waals surface area (Å²) in [5, 5.41) is 11.4. The molecule has 0 aromatic heterocycles. The van der Waals surface area contributed by atoms with Crippen LogP contribution in [0, 0.1) is 29.1 Å². The molecule has 6 atom stereocenters. The van der Waals surface area contributed by atoms with Gasteiger partial charge in [0.2, 0.25) is 0 Å². The van der Waals surface area contributed by atoms with Crippen LogP contribution in [0.2, 0.25) is 0 Å². The zero-order valence-electron chi connectivity index (χ0n) is 15.7. The van der Waals surface area contributed by atoms with Crippen LogP contribution in [0.1, 0.15) is 71.1 Å². The molecule has 4 fully saturated rings. The Bertz CT molecular complexity index is 549. The van der Waals surface area contributed by atoms with E-state index in [1.165, 1.54) is 38.5 Å². The molecule has 5 aliphatic rings. The molecule has 0 aromatic rings. The van der Waals surface area contributed by atoms with Crippen LogP contribution < -0.4 is 0 Å². The number of fused-ring (bicyclic) bond motifs is 6. The van der Waals surface area contributed by atoms with E-state index in [2.05, 4.69) is 13.0 Å². The fourth-order valence-corrected chi connectivity index (χ4v) is 7.81. The predicted molar refractivity (Wildman–Crippen MR) is 97.0 cm³/mol. The summed E-state index contributed by atoms with van der Waals surface area (Å²) < 4.78 is 12.8. The van der Waals surface area contributed by atoms with E-state index in [0.29, 0.717) is 23.7 Å². The second-order valence-electron chi connectivity index (χ2n) is 9.33. The van der Waals surface area contributed by atoms with Crippen LogP contribution in [0.15, 0.2) is 11.6 Å². The molecule has 25 heavy (non-hydrogen) atoms. The molecular weight excluding hydrogens is 312 g/mol. The third-order valence-electron chi connectivity index (χ3n) is 8.70. The molecule has 5 rings (SSSR count). The fourth-order valence-electron chi connectivity index (χ4n) is 7.81. The first-order valence-corrected chi connectivity index (χ1v) is 10.9. The van der Waals surface area contributed by atoms with Crippen LogP contribution in [0.5, 0.6) is 0 Å². The summed E-state index contributed by atoms with van der Waals surface area (Å²) in [4.78, 5) is 0. The summed E-state index contributed by atoms with van der Waals surface area (Å²) in [6.07, 6.45) is 14.0. The van der Waals surface area contributed by atoms with Gasteiger partial charge in [-0.25, -0.2) is 0 Å². The van der Waals surface area contributed by atoms with Crippen molar-refractivity contribution in [1.29, 1.82) is 0 Å². The van der Waals surface area contributed by atoms with Crippen LogP contribution >= 0.6 is 0 Å². The molecule has 0 bridgehead atoms. The van der Waals surface area contributed by atoms with E-state index in [9.17, 15) is 5.11 Å². The molecule has 1 aliphatic heterocycles. The van der Waals surface area contributed by atoms with E-state index in [0.717, 1.165) is 38.9 Å². The lowest BCUT2D eigenvalue weighted by molar-refractivity contribution is -0.333. The average molecular weight is 347 g/mol. The Morgan fingerprint density at radius 3 is 2.80 bits per heavy atom. The van der Waals surface area contributed by atoms with Gasteiger partial charge in [-0.15, -0.1) is 0 Å². The van der Waals surface area contributed by atoms with E-state index in [1.807, 2.05) is 0 Å². The van der Waals surface area contributed by atoms with E-state index >= 15 is 0 Å². The molecule has 1 heterocycles. The first kappa shape index (κ1) is 16.8. The summed E-state index contributed by atoms with van der Waals surface area (Å²) in [7, 11) is 0. The molecule has 1 spiro atoms. The number of allylic oxidation sites excluding steroid dienone is 2. The van der Waals surface area contributed by atoms with Crippen LogP contribution in [0.25, 0.3) is 0 Å². The van der Waals surface area contributed by atoms with Crippen molar-refractivity contribution in [1.82, 2.24) is 0 Å². The Labute approximate surface area is 152 Å². The number of aliphatic hydroxyl groups excluding tert-OH is 1. The standard InChI is InChI=1S/C22H34O3/c1-2-21-14-19(23)20-16-7-4-3-6-15(16)8-9-17(20)18(21)10-11-22(21)24-12-5-13-25-22/h6,16-20,23H,2-5,7-14H2,1H3/t16-,17-,18-,19?,20+,21-/m0/s1. The van der Waals surface area contributed by atoms with Crippen molar-refractivity contribution in [2.45, 2.75) is 83.0 Å². The summed E-state index contributed by atoms with van der Waals surface area (Å²) in [6.45, 7) is 3.96. The molecule has 3 heteroatoms. The van der Waals surface area contributed by atoms with Crippen molar-refractivity contribution in [3.05, 3.63) is 11.6 Å². The second-order valence-corrected chi connectivity index (χ2v) is 9.33. The van der Waals surface area contributed by atoms with Gasteiger partial charge in [0.25, 0.3) is 0 Å². The van der Waals surface area contributed by atoms with Crippen molar-refractivity contribution in [3.8, 4) is 0 Å². The second kappa shape index (κ2) is 6.07. The number of aliphatic hydroxyl groups is 1. The normalized spacial score (nSPS) is 48.4. The highest BCUT2D eigenvalue weighted by atomic mass is 16.7. The van der Waals surface area contributed by atoms with Crippen LogP contribution in [-0.4, -0.2) is 30.2 Å². The van der Waals surface area contributed by atoms with Crippen LogP contribution in [0.3, 0.4) is 0 Å². The van der Waals surface area contributed by atoms with Crippen LogP contribution in [-0.2, 0) is 9.47 Å². The van der Waals surface area contributed by atoms with Gasteiger partial charge in [0.15, 0.2) is 5.79 Å². The smallest absolute Gasteiger partial charge is 0.174 e. The van der Waals surface area contributed by atoms with Crippen molar-refractivity contribution >= 4 is 0 Å². The Hall–Kier alpha value is -0.380. The number of rotatable bonds is 1. The molecule has 3 nitrogen and oxygen atoms in total. The molecule has 4 aliphatic carbocycles. The van der Waals surface area contributed by atoms with E-state index in [4.69, 9.17) is 9.47 Å². The molecule has 0 radical (unpaired) electrons. The third-order valence-corrected chi connectivity index (χ3v) is 8.70. The molecule has 0 aromatic carbocycles. The van der Waals surface area contributed by atoms with Gasteiger partial charge >= 0.3 is 0 Å². The number of ether oxygens (including phenoxy) is 2. The Kier molecular flexibility index (Phi) is 4.07. The summed E-state index contributed by atoms with van der Waals surface area (Å²) in [5.74, 6) is 2.08. The van der Waals surface area contributed by atoms with Crippen molar-refractivity contribution < 1.29 is 14.6 Å². The maximum Gasteiger partial charge on any atom is 0.174 e. The molecule has 0 amide bonds. The Balaban J connectivity index is 1.51. The van der Waals surface area contributed by atoms with Gasteiger partial charge in [-0.2, -0.15) is 0 Å². The maximum absolute atomic E-state index is 11.4. The zero-order valence-corrected chi connectivity index (χ0v) is 15.7. The van der Waals surface area contributed by atoms with Crippen LogP contribution in [0.4, 0.5) is 0 Å². The van der Waals surface area contributed by atoms with Crippen molar-refractivity contribution in [3.63, 3.8) is 0 Å². The highest BCUT2D eigenvalue weighted by molar-refractivity contribution is 5.21. The van der Waals surface area contributed by atoms with Gasteiger partial charge in [0.1, 0.15) is 0 Å². The van der Waals surface area contributed by atoms with Crippen molar-refractivity contribution in [2.24, 2.45) is 29.1 Å². The van der Waals surface area contributed by atoms with E-state index in [-0.39, 0.29) is 11.5 Å². The zero-order chi connectivity index (χ0) is 17.1. The highest BCUT2D eigenvalue weighted by Crippen LogP contribution is 2.67. The first-order valence-electron chi connectivity index (χ1n) is 10.9. The topological polar surface area (TPSA) is 38.7 Å².